The number of furan rings is 2. The summed E-state index contributed by atoms with van der Waals surface area (Å²) in [5.41, 5.74) is 2.73. The second kappa shape index (κ2) is 15.9. The standard InChI is InChI=1S/2C20H15F3N2O4/c2*1-19(14-2-4-15(5-3-14)28-20(21,22)23)10-18(25-29-19)27-16-6-7-17(24-11-16)13-8-9-26-12-13/h2*2-9,11-12H,10H2,1H3/t2*19-/m10/s1. The molecule has 2 atom stereocenters. The first kappa shape index (κ1) is 39.3. The first-order valence-corrected chi connectivity index (χ1v) is 17.2. The molecule has 58 heavy (non-hydrogen) atoms. The lowest BCUT2D eigenvalue weighted by molar-refractivity contribution is -0.275. The Morgan fingerprint density at radius 1 is 0.517 bits per heavy atom. The van der Waals surface area contributed by atoms with Gasteiger partial charge in [0.15, 0.2) is 11.2 Å². The molecule has 8 rings (SSSR count). The van der Waals surface area contributed by atoms with Crippen molar-refractivity contribution >= 4 is 11.8 Å². The van der Waals surface area contributed by atoms with E-state index in [-0.39, 0.29) is 11.5 Å². The van der Waals surface area contributed by atoms with Crippen LogP contribution >= 0.6 is 0 Å². The summed E-state index contributed by atoms with van der Waals surface area (Å²) in [7, 11) is 0. The molecular formula is C40H30F6N4O8. The van der Waals surface area contributed by atoms with Crippen LogP contribution in [0.4, 0.5) is 26.3 Å². The van der Waals surface area contributed by atoms with E-state index in [9.17, 15) is 26.3 Å². The molecule has 2 aliphatic rings. The zero-order valence-corrected chi connectivity index (χ0v) is 30.3. The minimum atomic E-state index is -4.74. The molecule has 0 saturated carbocycles. The third-order valence-corrected chi connectivity index (χ3v) is 8.65. The van der Waals surface area contributed by atoms with Crippen LogP contribution in [0.25, 0.3) is 22.5 Å². The highest BCUT2D eigenvalue weighted by molar-refractivity contribution is 5.81. The van der Waals surface area contributed by atoms with Crippen molar-refractivity contribution in [3.05, 3.63) is 134 Å². The van der Waals surface area contributed by atoms with E-state index in [0.717, 1.165) is 22.5 Å². The molecule has 0 bridgehead atoms. The van der Waals surface area contributed by atoms with Crippen LogP contribution in [0, 0.1) is 0 Å². The molecule has 0 radical (unpaired) electrons. The van der Waals surface area contributed by atoms with E-state index < -0.39 is 23.9 Å². The molecule has 2 aromatic carbocycles. The van der Waals surface area contributed by atoms with E-state index in [0.29, 0.717) is 47.3 Å². The number of pyridine rings is 2. The number of halogens is 6. The van der Waals surface area contributed by atoms with Crippen molar-refractivity contribution in [2.45, 2.75) is 50.6 Å². The van der Waals surface area contributed by atoms with Gasteiger partial charge in [0, 0.05) is 11.1 Å². The maximum absolute atomic E-state index is 12.3. The van der Waals surface area contributed by atoms with E-state index in [1.54, 1.807) is 87.7 Å². The molecule has 0 saturated heterocycles. The van der Waals surface area contributed by atoms with Crippen LogP contribution < -0.4 is 18.9 Å². The maximum atomic E-state index is 12.3. The molecule has 6 aromatic rings. The van der Waals surface area contributed by atoms with Gasteiger partial charge < -0.3 is 37.5 Å². The second-order valence-electron chi connectivity index (χ2n) is 13.1. The molecule has 18 heteroatoms. The van der Waals surface area contributed by atoms with Gasteiger partial charge >= 0.3 is 12.7 Å². The van der Waals surface area contributed by atoms with Crippen LogP contribution in [-0.4, -0.2) is 34.5 Å². The van der Waals surface area contributed by atoms with Crippen molar-refractivity contribution in [2.24, 2.45) is 10.3 Å². The Kier molecular flexibility index (Phi) is 10.7. The van der Waals surface area contributed by atoms with Gasteiger partial charge in [-0.3, -0.25) is 9.97 Å². The quantitative estimate of drug-likeness (QED) is 0.137. The van der Waals surface area contributed by atoms with E-state index in [2.05, 4.69) is 29.8 Å². The third kappa shape index (κ3) is 9.87. The number of rotatable bonds is 8. The first-order chi connectivity index (χ1) is 27.6. The number of ether oxygens (including phenoxy) is 4. The molecular weight excluding hydrogens is 778 g/mol. The molecule has 0 amide bonds. The number of nitrogens with zero attached hydrogens (tertiary/aromatic N) is 4. The van der Waals surface area contributed by atoms with Crippen LogP contribution in [0.3, 0.4) is 0 Å². The minimum Gasteiger partial charge on any atom is -0.472 e. The highest BCUT2D eigenvalue weighted by Crippen LogP contribution is 2.38. The Morgan fingerprint density at radius 2 is 0.897 bits per heavy atom. The lowest BCUT2D eigenvalue weighted by Gasteiger charge is -2.21. The van der Waals surface area contributed by atoms with Crippen molar-refractivity contribution in [3.63, 3.8) is 0 Å². The average Bonchev–Trinajstić information content (AvgIpc) is 4.02. The molecule has 300 valence electrons. The summed E-state index contributed by atoms with van der Waals surface area (Å²) in [6.45, 7) is 3.54. The molecule has 2 aliphatic heterocycles. The van der Waals surface area contributed by atoms with Crippen molar-refractivity contribution in [1.29, 1.82) is 0 Å². The van der Waals surface area contributed by atoms with Crippen LogP contribution in [0.15, 0.2) is 142 Å². The first-order valence-electron chi connectivity index (χ1n) is 17.2. The monoisotopic (exact) mass is 808 g/mol. The van der Waals surface area contributed by atoms with E-state index in [1.807, 2.05) is 0 Å². The van der Waals surface area contributed by atoms with E-state index in [4.69, 9.17) is 28.0 Å². The van der Waals surface area contributed by atoms with Gasteiger partial charge in [0.25, 0.3) is 0 Å². The van der Waals surface area contributed by atoms with Crippen molar-refractivity contribution in [1.82, 2.24) is 9.97 Å². The normalized spacial score (nSPS) is 18.8. The Labute approximate surface area is 325 Å². The maximum Gasteiger partial charge on any atom is 0.573 e. The Balaban J connectivity index is 0.000000177. The predicted octanol–water partition coefficient (Wildman–Crippen LogP) is 10.5. The molecule has 12 nitrogen and oxygen atoms in total. The number of hydrogen-bond donors (Lipinski definition) is 0. The summed E-state index contributed by atoms with van der Waals surface area (Å²) < 4.78 is 103. The minimum absolute atomic E-state index is 0.302. The van der Waals surface area contributed by atoms with Crippen LogP contribution in [-0.2, 0) is 20.9 Å². The fourth-order valence-electron chi connectivity index (χ4n) is 5.76. The van der Waals surface area contributed by atoms with Gasteiger partial charge in [0.05, 0.1) is 61.7 Å². The number of alkyl halides is 6. The molecule has 0 fully saturated rings. The highest BCUT2D eigenvalue weighted by Gasteiger charge is 2.39. The van der Waals surface area contributed by atoms with Gasteiger partial charge in [-0.2, -0.15) is 0 Å². The smallest absolute Gasteiger partial charge is 0.472 e. The van der Waals surface area contributed by atoms with Crippen LogP contribution in [0.1, 0.15) is 37.8 Å². The predicted molar refractivity (Wildman–Crippen MR) is 192 cm³/mol. The molecule has 0 N–H and O–H groups in total. The summed E-state index contributed by atoms with van der Waals surface area (Å²) in [6.07, 6.45) is 0.562. The largest absolute Gasteiger partial charge is 0.573 e. The van der Waals surface area contributed by atoms with Gasteiger partial charge in [-0.1, -0.05) is 34.6 Å². The van der Waals surface area contributed by atoms with Crippen molar-refractivity contribution < 1.29 is 63.8 Å². The zero-order chi connectivity index (χ0) is 41.0. The Morgan fingerprint density at radius 3 is 1.21 bits per heavy atom. The molecule has 6 heterocycles. The van der Waals surface area contributed by atoms with Crippen molar-refractivity contribution in [3.8, 4) is 45.5 Å². The van der Waals surface area contributed by atoms with Crippen LogP contribution in [0.2, 0.25) is 0 Å². The molecule has 0 spiro atoms. The second-order valence-corrected chi connectivity index (χ2v) is 13.1. The van der Waals surface area contributed by atoms with Crippen LogP contribution in [0.5, 0.6) is 23.0 Å². The SMILES string of the molecule is C[C@@]1(c2ccc(OC(F)(F)F)cc2)CC(Oc2ccc(-c3ccoc3)nc2)=NO1.C[C@]1(c2ccc(OC(F)(F)F)cc2)CC(Oc2ccc(-c3ccoc3)nc2)=NO1. The number of aromatic nitrogens is 2. The lowest BCUT2D eigenvalue weighted by atomic mass is 9.93. The number of oxime groups is 2. The third-order valence-electron chi connectivity index (χ3n) is 8.65. The Bertz CT molecular complexity index is 2170. The molecule has 0 aliphatic carbocycles. The van der Waals surface area contributed by atoms with Gasteiger partial charge in [-0.05, 0) is 85.6 Å². The summed E-state index contributed by atoms with van der Waals surface area (Å²) in [4.78, 5) is 19.6. The fourth-order valence-corrected chi connectivity index (χ4v) is 5.76. The Hall–Kier alpha value is -6.98. The van der Waals surface area contributed by atoms with Gasteiger partial charge in [0.2, 0.25) is 11.8 Å². The summed E-state index contributed by atoms with van der Waals surface area (Å²) in [5.74, 6) is 1.03. The van der Waals surface area contributed by atoms with Gasteiger partial charge in [-0.15, -0.1) is 26.3 Å². The van der Waals surface area contributed by atoms with E-state index >= 15 is 0 Å². The van der Waals surface area contributed by atoms with Gasteiger partial charge in [0.1, 0.15) is 23.0 Å². The van der Waals surface area contributed by atoms with Gasteiger partial charge in [-0.25, -0.2) is 0 Å². The molecule has 4 aromatic heterocycles. The van der Waals surface area contributed by atoms with E-state index in [1.165, 1.54) is 48.5 Å². The highest BCUT2D eigenvalue weighted by atomic mass is 19.4. The lowest BCUT2D eigenvalue weighted by Crippen LogP contribution is -2.23. The topological polar surface area (TPSA) is 132 Å². The summed E-state index contributed by atoms with van der Waals surface area (Å²) in [5, 5.41) is 7.91. The zero-order valence-electron chi connectivity index (χ0n) is 30.3. The number of benzene rings is 2. The average molecular weight is 809 g/mol. The fraction of sp³-hybridized carbons (Fsp3) is 0.200. The summed E-state index contributed by atoms with van der Waals surface area (Å²) >= 11 is 0. The molecule has 0 unspecified atom stereocenters. The summed E-state index contributed by atoms with van der Waals surface area (Å²) in [6, 6.07) is 21.6. The number of hydrogen-bond acceptors (Lipinski definition) is 12. The van der Waals surface area contributed by atoms with Crippen molar-refractivity contribution in [2.75, 3.05) is 0 Å².